The topological polar surface area (TPSA) is 92.7 Å². The van der Waals surface area contributed by atoms with Crippen molar-refractivity contribution in [3.63, 3.8) is 0 Å². The van der Waals surface area contributed by atoms with Crippen molar-refractivity contribution >= 4 is 5.97 Å². The average Bonchev–Trinajstić information content (AvgIpc) is 2.46. The summed E-state index contributed by atoms with van der Waals surface area (Å²) < 4.78 is 31.7. The Morgan fingerprint density at radius 2 is 1.67 bits per heavy atom. The first-order chi connectivity index (χ1) is 9.99. The van der Waals surface area contributed by atoms with E-state index in [-0.39, 0.29) is 6.61 Å². The highest BCUT2D eigenvalue weighted by Gasteiger charge is 2.49. The Morgan fingerprint density at radius 3 is 2.10 bits per heavy atom. The molecular weight excluding hydrogens is 284 g/mol. The molecule has 1 aliphatic rings. The summed E-state index contributed by atoms with van der Waals surface area (Å²) in [5.74, 6) is -0.430. The molecule has 1 fully saturated rings. The Morgan fingerprint density at radius 1 is 1.10 bits per heavy atom. The SMILES string of the molecule is CO[C@@H]1[C@@H]([C@H](COC(C)=O)OC)OC(O)[C@@H](OC)[C@H]1OC. The summed E-state index contributed by atoms with van der Waals surface area (Å²) in [6.07, 6.45) is -4.28. The molecule has 8 heteroatoms. The number of rotatable bonds is 7. The molecule has 0 aromatic carbocycles. The molecule has 0 bridgehead atoms. The smallest absolute Gasteiger partial charge is 0.302 e. The Bertz CT molecular complexity index is 323. The molecule has 0 saturated carbocycles. The van der Waals surface area contributed by atoms with Crippen molar-refractivity contribution in [1.82, 2.24) is 0 Å². The Hall–Kier alpha value is -0.770. The monoisotopic (exact) mass is 308 g/mol. The second kappa shape index (κ2) is 8.62. The van der Waals surface area contributed by atoms with Crippen molar-refractivity contribution in [3.05, 3.63) is 0 Å². The second-order valence-corrected chi connectivity index (χ2v) is 4.67. The fourth-order valence-electron chi connectivity index (χ4n) is 2.43. The van der Waals surface area contributed by atoms with Gasteiger partial charge in [-0.3, -0.25) is 4.79 Å². The van der Waals surface area contributed by atoms with E-state index in [9.17, 15) is 9.90 Å². The van der Waals surface area contributed by atoms with E-state index in [0.717, 1.165) is 0 Å². The lowest BCUT2D eigenvalue weighted by atomic mass is 9.95. The van der Waals surface area contributed by atoms with Gasteiger partial charge in [0.2, 0.25) is 0 Å². The number of esters is 1. The van der Waals surface area contributed by atoms with E-state index in [0.29, 0.717) is 0 Å². The normalized spacial score (nSPS) is 34.5. The summed E-state index contributed by atoms with van der Waals surface area (Å²) in [6, 6.07) is 0. The van der Waals surface area contributed by atoms with Crippen molar-refractivity contribution in [2.75, 3.05) is 35.0 Å². The maximum absolute atomic E-state index is 10.9. The van der Waals surface area contributed by atoms with Gasteiger partial charge in [0, 0.05) is 35.4 Å². The predicted molar refractivity (Wildman–Crippen MR) is 70.7 cm³/mol. The quantitative estimate of drug-likeness (QED) is 0.619. The summed E-state index contributed by atoms with van der Waals surface area (Å²) in [4.78, 5) is 10.9. The third-order valence-corrected chi connectivity index (χ3v) is 3.49. The van der Waals surface area contributed by atoms with Crippen LogP contribution in [0.25, 0.3) is 0 Å². The zero-order valence-corrected chi connectivity index (χ0v) is 13.0. The van der Waals surface area contributed by atoms with E-state index in [2.05, 4.69) is 0 Å². The first kappa shape index (κ1) is 18.3. The molecule has 124 valence electrons. The number of methoxy groups -OCH3 is 4. The predicted octanol–water partition coefficient (Wildman–Crippen LogP) is -0.673. The Balaban J connectivity index is 2.89. The maximum atomic E-state index is 10.9. The minimum atomic E-state index is -1.20. The molecule has 0 spiro atoms. The number of hydrogen-bond donors (Lipinski definition) is 1. The highest BCUT2D eigenvalue weighted by molar-refractivity contribution is 5.65. The van der Waals surface area contributed by atoms with Crippen LogP contribution in [0.4, 0.5) is 0 Å². The third-order valence-electron chi connectivity index (χ3n) is 3.49. The van der Waals surface area contributed by atoms with Gasteiger partial charge in [-0.25, -0.2) is 0 Å². The van der Waals surface area contributed by atoms with Crippen molar-refractivity contribution in [2.24, 2.45) is 0 Å². The number of aliphatic hydroxyl groups is 1. The van der Waals surface area contributed by atoms with Crippen LogP contribution in [0.1, 0.15) is 6.92 Å². The number of carbonyl (C=O) groups is 1. The van der Waals surface area contributed by atoms with Crippen LogP contribution in [-0.4, -0.2) is 82.9 Å². The molecule has 1 aliphatic heterocycles. The number of aliphatic hydroxyl groups excluding tert-OH is 1. The molecule has 21 heavy (non-hydrogen) atoms. The number of hydrogen-bond acceptors (Lipinski definition) is 8. The van der Waals surface area contributed by atoms with E-state index < -0.39 is 42.8 Å². The lowest BCUT2D eigenvalue weighted by Gasteiger charge is -2.45. The lowest BCUT2D eigenvalue weighted by Crippen LogP contribution is -2.63. The number of carbonyl (C=O) groups excluding carboxylic acids is 1. The summed E-state index contributed by atoms with van der Waals surface area (Å²) in [5.41, 5.74) is 0. The first-order valence-corrected chi connectivity index (χ1v) is 6.58. The minimum Gasteiger partial charge on any atom is -0.463 e. The van der Waals surface area contributed by atoms with Gasteiger partial charge in [0.25, 0.3) is 0 Å². The second-order valence-electron chi connectivity index (χ2n) is 4.67. The van der Waals surface area contributed by atoms with Crippen LogP contribution in [0.5, 0.6) is 0 Å². The molecule has 8 nitrogen and oxygen atoms in total. The van der Waals surface area contributed by atoms with Gasteiger partial charge in [-0.2, -0.15) is 0 Å². The van der Waals surface area contributed by atoms with Crippen LogP contribution in [-0.2, 0) is 33.2 Å². The molecule has 0 amide bonds. The molecule has 6 atom stereocenters. The van der Waals surface area contributed by atoms with Crippen LogP contribution in [0.15, 0.2) is 0 Å². The van der Waals surface area contributed by atoms with Gasteiger partial charge in [-0.1, -0.05) is 0 Å². The van der Waals surface area contributed by atoms with Gasteiger partial charge in [0.15, 0.2) is 6.29 Å². The van der Waals surface area contributed by atoms with Crippen LogP contribution in [0.3, 0.4) is 0 Å². The fraction of sp³-hybridized carbons (Fsp3) is 0.923. The number of ether oxygens (including phenoxy) is 6. The molecule has 0 aromatic rings. The Kier molecular flexibility index (Phi) is 7.50. The minimum absolute atomic E-state index is 0.0167. The highest BCUT2D eigenvalue weighted by Crippen LogP contribution is 2.28. The first-order valence-electron chi connectivity index (χ1n) is 6.58. The Labute approximate surface area is 124 Å². The lowest BCUT2D eigenvalue weighted by molar-refractivity contribution is -0.312. The molecule has 0 aliphatic carbocycles. The molecule has 1 saturated heterocycles. The standard InChI is InChI=1S/C13H24O8/c1-7(14)20-6-8(16-2)9-10(17-3)11(18-4)12(19-5)13(15)21-9/h8-13,15H,6H2,1-5H3/t8-,9+,10+,11-,12-,13?/m0/s1. The van der Waals surface area contributed by atoms with Gasteiger partial charge in [-0.15, -0.1) is 0 Å². The van der Waals surface area contributed by atoms with Crippen LogP contribution >= 0.6 is 0 Å². The molecule has 1 unspecified atom stereocenters. The van der Waals surface area contributed by atoms with Crippen molar-refractivity contribution in [1.29, 1.82) is 0 Å². The molecule has 1 N–H and O–H groups in total. The highest BCUT2D eigenvalue weighted by atomic mass is 16.7. The molecular formula is C13H24O8. The maximum Gasteiger partial charge on any atom is 0.302 e. The van der Waals surface area contributed by atoms with Gasteiger partial charge >= 0.3 is 5.97 Å². The summed E-state index contributed by atoms with van der Waals surface area (Å²) in [7, 11) is 5.89. The average molecular weight is 308 g/mol. The van der Waals surface area contributed by atoms with Crippen LogP contribution < -0.4 is 0 Å². The largest absolute Gasteiger partial charge is 0.463 e. The molecule has 1 heterocycles. The zero-order valence-electron chi connectivity index (χ0n) is 13.0. The molecule has 1 rings (SSSR count). The molecule has 0 radical (unpaired) electrons. The van der Waals surface area contributed by atoms with E-state index in [1.165, 1.54) is 35.4 Å². The van der Waals surface area contributed by atoms with E-state index in [1.54, 1.807) is 0 Å². The van der Waals surface area contributed by atoms with Crippen LogP contribution in [0.2, 0.25) is 0 Å². The van der Waals surface area contributed by atoms with Gasteiger partial charge in [-0.05, 0) is 0 Å². The summed E-state index contributed by atoms with van der Waals surface area (Å²) >= 11 is 0. The fourth-order valence-corrected chi connectivity index (χ4v) is 2.43. The summed E-state index contributed by atoms with van der Waals surface area (Å²) in [6.45, 7) is 1.28. The van der Waals surface area contributed by atoms with Crippen molar-refractivity contribution < 1.29 is 38.3 Å². The zero-order chi connectivity index (χ0) is 16.0. The van der Waals surface area contributed by atoms with E-state index in [4.69, 9.17) is 28.4 Å². The van der Waals surface area contributed by atoms with Crippen molar-refractivity contribution in [3.8, 4) is 0 Å². The van der Waals surface area contributed by atoms with Crippen LogP contribution in [0, 0.1) is 0 Å². The van der Waals surface area contributed by atoms with E-state index >= 15 is 0 Å². The molecule has 0 aromatic heterocycles. The van der Waals surface area contributed by atoms with Crippen molar-refractivity contribution in [2.45, 2.75) is 43.7 Å². The van der Waals surface area contributed by atoms with Gasteiger partial charge in [0.05, 0.1) is 0 Å². The third kappa shape index (κ3) is 4.35. The van der Waals surface area contributed by atoms with E-state index in [1.807, 2.05) is 0 Å². The van der Waals surface area contributed by atoms with Gasteiger partial charge < -0.3 is 33.5 Å². The summed E-state index contributed by atoms with van der Waals surface area (Å²) in [5, 5.41) is 10.0. The van der Waals surface area contributed by atoms with Gasteiger partial charge in [0.1, 0.15) is 37.1 Å².